The van der Waals surface area contributed by atoms with E-state index in [2.05, 4.69) is 4.98 Å². The predicted octanol–water partition coefficient (Wildman–Crippen LogP) is 3.58. The fraction of sp³-hybridized carbons (Fsp3) is 0.176. The maximum absolute atomic E-state index is 12.1. The van der Waals surface area contributed by atoms with E-state index in [9.17, 15) is 4.79 Å². The standard InChI is InChI=1S/C17H15ClN2O3S/c1-22-12-6-3-9(7-13(12)23-2)15(16(19)21)17-20-11-5-4-10(18)8-14(11)24-17/h3-8,15H,1-2H3,(H2,19,21). The smallest absolute Gasteiger partial charge is 0.231 e. The van der Waals surface area contributed by atoms with E-state index in [0.29, 0.717) is 27.1 Å². The summed E-state index contributed by atoms with van der Waals surface area (Å²) >= 11 is 7.41. The summed E-state index contributed by atoms with van der Waals surface area (Å²) in [5, 5.41) is 1.24. The maximum atomic E-state index is 12.1. The molecular weight excluding hydrogens is 348 g/mol. The molecule has 1 amide bonds. The molecule has 1 unspecified atom stereocenters. The van der Waals surface area contributed by atoms with Crippen molar-refractivity contribution in [1.29, 1.82) is 0 Å². The zero-order valence-electron chi connectivity index (χ0n) is 13.1. The molecule has 0 saturated carbocycles. The lowest BCUT2D eigenvalue weighted by atomic mass is 9.98. The van der Waals surface area contributed by atoms with Gasteiger partial charge in [0.05, 0.1) is 24.4 Å². The van der Waals surface area contributed by atoms with Crippen molar-refractivity contribution < 1.29 is 14.3 Å². The molecule has 3 aromatic rings. The Morgan fingerprint density at radius 2 is 1.92 bits per heavy atom. The molecule has 24 heavy (non-hydrogen) atoms. The van der Waals surface area contributed by atoms with Crippen LogP contribution in [0.5, 0.6) is 11.5 Å². The number of hydrogen-bond donors (Lipinski definition) is 1. The molecule has 2 N–H and O–H groups in total. The van der Waals surface area contributed by atoms with Crippen LogP contribution in [-0.2, 0) is 4.79 Å². The first-order valence-corrected chi connectivity index (χ1v) is 8.30. The number of rotatable bonds is 5. The summed E-state index contributed by atoms with van der Waals surface area (Å²) in [6, 6.07) is 10.7. The van der Waals surface area contributed by atoms with E-state index in [0.717, 1.165) is 10.2 Å². The highest BCUT2D eigenvalue weighted by Gasteiger charge is 2.25. The number of aromatic nitrogens is 1. The lowest BCUT2D eigenvalue weighted by Gasteiger charge is -2.14. The third-order valence-electron chi connectivity index (χ3n) is 3.64. The zero-order chi connectivity index (χ0) is 17.3. The molecule has 0 saturated heterocycles. The van der Waals surface area contributed by atoms with E-state index in [1.165, 1.54) is 11.3 Å². The SMILES string of the molecule is COc1ccc(C(C(N)=O)c2nc3ccc(Cl)cc3s2)cc1OC. The van der Waals surface area contributed by atoms with Gasteiger partial charge in [-0.3, -0.25) is 4.79 Å². The van der Waals surface area contributed by atoms with Gasteiger partial charge in [0.15, 0.2) is 11.5 Å². The van der Waals surface area contributed by atoms with Gasteiger partial charge in [0.2, 0.25) is 5.91 Å². The van der Waals surface area contributed by atoms with Crippen LogP contribution in [-0.4, -0.2) is 25.1 Å². The summed E-state index contributed by atoms with van der Waals surface area (Å²) in [6.07, 6.45) is 0. The number of halogens is 1. The third-order valence-corrected chi connectivity index (χ3v) is 4.96. The minimum Gasteiger partial charge on any atom is -0.493 e. The first-order chi connectivity index (χ1) is 11.5. The largest absolute Gasteiger partial charge is 0.493 e. The molecular formula is C17H15ClN2O3S. The summed E-state index contributed by atoms with van der Waals surface area (Å²) in [4.78, 5) is 16.6. The fourth-order valence-electron chi connectivity index (χ4n) is 2.50. The van der Waals surface area contributed by atoms with E-state index in [-0.39, 0.29) is 0 Å². The highest BCUT2D eigenvalue weighted by atomic mass is 35.5. The van der Waals surface area contributed by atoms with Crippen LogP contribution >= 0.6 is 22.9 Å². The van der Waals surface area contributed by atoms with E-state index in [4.69, 9.17) is 26.8 Å². The second kappa shape index (κ2) is 6.67. The lowest BCUT2D eigenvalue weighted by molar-refractivity contribution is -0.118. The van der Waals surface area contributed by atoms with Gasteiger partial charge in [0.25, 0.3) is 0 Å². The van der Waals surface area contributed by atoms with Crippen LogP contribution in [0.1, 0.15) is 16.5 Å². The summed E-state index contributed by atoms with van der Waals surface area (Å²) in [6.45, 7) is 0. The van der Waals surface area contributed by atoms with Crippen LogP contribution in [0.2, 0.25) is 5.02 Å². The van der Waals surface area contributed by atoms with Gasteiger partial charge in [0.1, 0.15) is 10.9 Å². The highest BCUT2D eigenvalue weighted by Crippen LogP contribution is 2.36. The molecule has 1 heterocycles. The van der Waals surface area contributed by atoms with Crippen molar-refractivity contribution in [1.82, 2.24) is 4.98 Å². The number of methoxy groups -OCH3 is 2. The Morgan fingerprint density at radius 3 is 2.58 bits per heavy atom. The number of nitrogens with two attached hydrogens (primary N) is 1. The Kier molecular flexibility index (Phi) is 4.59. The lowest BCUT2D eigenvalue weighted by Crippen LogP contribution is -2.22. The molecule has 7 heteroatoms. The van der Waals surface area contributed by atoms with Crippen LogP contribution in [0.3, 0.4) is 0 Å². The van der Waals surface area contributed by atoms with Gasteiger partial charge in [-0.05, 0) is 35.9 Å². The first kappa shape index (κ1) is 16.5. The quantitative estimate of drug-likeness (QED) is 0.752. The van der Waals surface area contributed by atoms with Crippen molar-refractivity contribution in [2.45, 2.75) is 5.92 Å². The number of ether oxygens (including phenoxy) is 2. The normalized spacial score (nSPS) is 12.1. The molecule has 5 nitrogen and oxygen atoms in total. The summed E-state index contributed by atoms with van der Waals surface area (Å²) in [5.74, 6) is -0.0284. The van der Waals surface area contributed by atoms with Gasteiger partial charge in [-0.15, -0.1) is 11.3 Å². The monoisotopic (exact) mass is 362 g/mol. The van der Waals surface area contributed by atoms with Crippen molar-refractivity contribution in [3.05, 3.63) is 52.0 Å². The number of nitrogens with zero attached hydrogens (tertiary/aromatic N) is 1. The number of carbonyl (C=O) groups excluding carboxylic acids is 1. The molecule has 0 radical (unpaired) electrons. The second-order valence-corrected chi connectivity index (χ2v) is 6.61. The number of fused-ring (bicyclic) bond motifs is 1. The van der Waals surface area contributed by atoms with E-state index in [1.54, 1.807) is 38.5 Å². The molecule has 2 aromatic carbocycles. The van der Waals surface area contributed by atoms with Gasteiger partial charge >= 0.3 is 0 Å². The molecule has 124 valence electrons. The highest BCUT2D eigenvalue weighted by molar-refractivity contribution is 7.18. The molecule has 0 aliphatic rings. The van der Waals surface area contributed by atoms with Crippen LogP contribution in [0, 0.1) is 0 Å². The predicted molar refractivity (Wildman–Crippen MR) is 95.2 cm³/mol. The molecule has 1 atom stereocenters. The van der Waals surface area contributed by atoms with Crippen molar-refractivity contribution >= 4 is 39.1 Å². The topological polar surface area (TPSA) is 74.4 Å². The number of carbonyl (C=O) groups is 1. The number of thiazole rings is 1. The summed E-state index contributed by atoms with van der Waals surface area (Å²) in [7, 11) is 3.10. The fourth-order valence-corrected chi connectivity index (χ4v) is 3.88. The number of benzene rings is 2. The molecule has 0 bridgehead atoms. The second-order valence-electron chi connectivity index (χ2n) is 5.11. The Hall–Kier alpha value is -2.31. The van der Waals surface area contributed by atoms with Gasteiger partial charge in [0, 0.05) is 5.02 Å². The average Bonchev–Trinajstić information content (AvgIpc) is 2.96. The van der Waals surface area contributed by atoms with Crippen molar-refractivity contribution in [3.63, 3.8) is 0 Å². The molecule has 0 spiro atoms. The summed E-state index contributed by atoms with van der Waals surface area (Å²) in [5.41, 5.74) is 7.13. The first-order valence-electron chi connectivity index (χ1n) is 7.10. The Bertz CT molecular complexity index is 910. The Morgan fingerprint density at radius 1 is 1.17 bits per heavy atom. The van der Waals surface area contributed by atoms with Crippen molar-refractivity contribution in [2.75, 3.05) is 14.2 Å². The van der Waals surface area contributed by atoms with Gasteiger partial charge < -0.3 is 15.2 Å². The van der Waals surface area contributed by atoms with E-state index >= 15 is 0 Å². The average molecular weight is 363 g/mol. The molecule has 0 aliphatic carbocycles. The van der Waals surface area contributed by atoms with Crippen molar-refractivity contribution in [2.24, 2.45) is 5.73 Å². The van der Waals surface area contributed by atoms with Crippen molar-refractivity contribution in [3.8, 4) is 11.5 Å². The van der Waals surface area contributed by atoms with Gasteiger partial charge in [-0.25, -0.2) is 4.98 Å². The number of primary amides is 1. The Labute approximate surface area is 148 Å². The van der Waals surface area contributed by atoms with Crippen LogP contribution in [0.4, 0.5) is 0 Å². The molecule has 1 aromatic heterocycles. The molecule has 3 rings (SSSR count). The van der Waals surface area contributed by atoms with E-state index < -0.39 is 11.8 Å². The summed E-state index contributed by atoms with van der Waals surface area (Å²) < 4.78 is 11.4. The van der Waals surface area contributed by atoms with Crippen LogP contribution in [0.15, 0.2) is 36.4 Å². The Balaban J connectivity index is 2.10. The minimum atomic E-state index is -0.666. The minimum absolute atomic E-state index is 0.479. The third kappa shape index (κ3) is 3.02. The van der Waals surface area contributed by atoms with Gasteiger partial charge in [-0.2, -0.15) is 0 Å². The van der Waals surface area contributed by atoms with Crippen LogP contribution < -0.4 is 15.2 Å². The molecule has 0 fully saturated rings. The maximum Gasteiger partial charge on any atom is 0.231 e. The van der Waals surface area contributed by atoms with E-state index in [1.807, 2.05) is 12.1 Å². The number of hydrogen-bond acceptors (Lipinski definition) is 5. The van der Waals surface area contributed by atoms with Crippen LogP contribution in [0.25, 0.3) is 10.2 Å². The molecule has 0 aliphatic heterocycles. The van der Waals surface area contributed by atoms with Gasteiger partial charge in [-0.1, -0.05) is 17.7 Å². The zero-order valence-corrected chi connectivity index (χ0v) is 14.6. The number of amides is 1.